The molecule has 4 nitrogen and oxygen atoms in total. The standard InChI is InChI=1S/C22H15ClFN3OS/c23-19-10-2-1-9-18(19)21(28)25-16-7-3-5-14(11-16)20-13-29-22(27-20)26-17-8-4-6-15(24)12-17/h1-13H,(H,25,28)(H,26,27). The molecule has 4 aromatic rings. The molecule has 0 aliphatic rings. The van der Waals surface area contributed by atoms with Crippen molar-refractivity contribution in [1.29, 1.82) is 0 Å². The van der Waals surface area contributed by atoms with Crippen molar-refractivity contribution < 1.29 is 9.18 Å². The molecule has 29 heavy (non-hydrogen) atoms. The predicted molar refractivity (Wildman–Crippen MR) is 117 cm³/mol. The summed E-state index contributed by atoms with van der Waals surface area (Å²) in [5, 5.41) is 8.90. The second-order valence-corrected chi connectivity index (χ2v) is 7.45. The van der Waals surface area contributed by atoms with E-state index in [1.54, 1.807) is 42.5 Å². The Morgan fingerprint density at radius 2 is 1.76 bits per heavy atom. The van der Waals surface area contributed by atoms with Gasteiger partial charge in [0.1, 0.15) is 5.82 Å². The Balaban J connectivity index is 1.51. The number of hydrogen-bond donors (Lipinski definition) is 2. The van der Waals surface area contributed by atoms with Crippen LogP contribution in [-0.2, 0) is 0 Å². The van der Waals surface area contributed by atoms with Crippen molar-refractivity contribution in [1.82, 2.24) is 4.98 Å². The number of nitrogens with zero attached hydrogens (tertiary/aromatic N) is 1. The van der Waals surface area contributed by atoms with Crippen LogP contribution >= 0.6 is 22.9 Å². The van der Waals surface area contributed by atoms with E-state index >= 15 is 0 Å². The van der Waals surface area contributed by atoms with Gasteiger partial charge in [0.15, 0.2) is 5.13 Å². The first kappa shape index (κ1) is 19.1. The molecular weight excluding hydrogens is 409 g/mol. The van der Waals surface area contributed by atoms with Crippen LogP contribution in [0.1, 0.15) is 10.4 Å². The number of halogens is 2. The van der Waals surface area contributed by atoms with Gasteiger partial charge in [0.25, 0.3) is 5.91 Å². The van der Waals surface area contributed by atoms with Crippen molar-refractivity contribution in [2.75, 3.05) is 10.6 Å². The van der Waals surface area contributed by atoms with E-state index in [1.807, 2.05) is 23.6 Å². The van der Waals surface area contributed by atoms with Gasteiger partial charge >= 0.3 is 0 Å². The maximum atomic E-state index is 13.3. The third kappa shape index (κ3) is 4.62. The summed E-state index contributed by atoms with van der Waals surface area (Å²) >= 11 is 7.51. The zero-order chi connectivity index (χ0) is 20.2. The first-order valence-corrected chi connectivity index (χ1v) is 9.99. The van der Waals surface area contributed by atoms with E-state index in [-0.39, 0.29) is 11.7 Å². The van der Waals surface area contributed by atoms with Crippen molar-refractivity contribution in [3.63, 3.8) is 0 Å². The zero-order valence-electron chi connectivity index (χ0n) is 15.0. The molecule has 3 aromatic carbocycles. The second kappa shape index (κ2) is 8.43. The molecule has 0 saturated heterocycles. The average Bonchev–Trinajstić information content (AvgIpc) is 3.17. The van der Waals surface area contributed by atoms with Gasteiger partial charge in [-0.25, -0.2) is 9.37 Å². The molecule has 1 aromatic heterocycles. The third-order valence-corrected chi connectivity index (χ3v) is 5.20. The lowest BCUT2D eigenvalue weighted by Gasteiger charge is -2.08. The van der Waals surface area contributed by atoms with Gasteiger partial charge < -0.3 is 10.6 Å². The second-order valence-electron chi connectivity index (χ2n) is 6.19. The van der Waals surface area contributed by atoms with E-state index in [9.17, 15) is 9.18 Å². The molecule has 0 bridgehead atoms. The van der Waals surface area contributed by atoms with Gasteiger partial charge in [0, 0.05) is 22.3 Å². The van der Waals surface area contributed by atoms with Crippen LogP contribution in [0.4, 0.5) is 20.9 Å². The Bertz CT molecular complexity index is 1180. The summed E-state index contributed by atoms with van der Waals surface area (Å²) < 4.78 is 13.3. The summed E-state index contributed by atoms with van der Waals surface area (Å²) in [6.07, 6.45) is 0. The average molecular weight is 424 g/mol. The number of carbonyl (C=O) groups excluding carboxylic acids is 1. The molecule has 0 fully saturated rings. The molecule has 7 heteroatoms. The summed E-state index contributed by atoms with van der Waals surface area (Å²) in [7, 11) is 0. The fourth-order valence-corrected chi connectivity index (χ4v) is 3.71. The van der Waals surface area contributed by atoms with Crippen molar-refractivity contribution in [3.8, 4) is 11.3 Å². The van der Waals surface area contributed by atoms with Gasteiger partial charge in [-0.1, -0.05) is 41.9 Å². The van der Waals surface area contributed by atoms with Crippen LogP contribution in [0.2, 0.25) is 5.02 Å². The number of thiazole rings is 1. The van der Waals surface area contributed by atoms with E-state index < -0.39 is 0 Å². The molecule has 2 N–H and O–H groups in total. The van der Waals surface area contributed by atoms with Crippen LogP contribution in [0.5, 0.6) is 0 Å². The Labute approximate surface area is 176 Å². The van der Waals surface area contributed by atoms with Crippen molar-refractivity contribution in [2.45, 2.75) is 0 Å². The van der Waals surface area contributed by atoms with Gasteiger partial charge in [-0.3, -0.25) is 4.79 Å². The van der Waals surface area contributed by atoms with Crippen LogP contribution < -0.4 is 10.6 Å². The van der Waals surface area contributed by atoms with Crippen LogP contribution in [-0.4, -0.2) is 10.9 Å². The van der Waals surface area contributed by atoms with E-state index in [4.69, 9.17) is 11.6 Å². The fraction of sp³-hybridized carbons (Fsp3) is 0. The lowest BCUT2D eigenvalue weighted by atomic mass is 10.1. The van der Waals surface area contributed by atoms with Gasteiger partial charge in [0.2, 0.25) is 0 Å². The van der Waals surface area contributed by atoms with Crippen LogP contribution in [0.25, 0.3) is 11.3 Å². The van der Waals surface area contributed by atoms with Crippen LogP contribution in [0.3, 0.4) is 0 Å². The number of rotatable bonds is 5. The lowest BCUT2D eigenvalue weighted by molar-refractivity contribution is 0.102. The smallest absolute Gasteiger partial charge is 0.257 e. The van der Waals surface area contributed by atoms with Gasteiger partial charge in [0.05, 0.1) is 16.3 Å². The Morgan fingerprint density at radius 3 is 2.59 bits per heavy atom. The molecule has 1 heterocycles. The van der Waals surface area contributed by atoms with Crippen LogP contribution in [0, 0.1) is 5.82 Å². The normalized spacial score (nSPS) is 10.6. The Morgan fingerprint density at radius 1 is 0.966 bits per heavy atom. The van der Waals surface area contributed by atoms with Gasteiger partial charge in [-0.15, -0.1) is 11.3 Å². The Kier molecular flexibility index (Phi) is 5.55. The van der Waals surface area contributed by atoms with Crippen molar-refractivity contribution in [2.24, 2.45) is 0 Å². The largest absolute Gasteiger partial charge is 0.331 e. The highest BCUT2D eigenvalue weighted by Crippen LogP contribution is 2.29. The molecule has 0 radical (unpaired) electrons. The summed E-state index contributed by atoms with van der Waals surface area (Å²) in [6, 6.07) is 20.5. The molecule has 0 saturated carbocycles. The highest BCUT2D eigenvalue weighted by molar-refractivity contribution is 7.14. The zero-order valence-corrected chi connectivity index (χ0v) is 16.6. The highest BCUT2D eigenvalue weighted by atomic mass is 35.5. The first-order valence-electron chi connectivity index (χ1n) is 8.73. The minimum Gasteiger partial charge on any atom is -0.331 e. The van der Waals surface area contributed by atoms with Crippen LogP contribution in [0.15, 0.2) is 78.2 Å². The number of carbonyl (C=O) groups is 1. The molecule has 0 atom stereocenters. The topological polar surface area (TPSA) is 54.0 Å². The quantitative estimate of drug-likeness (QED) is 0.380. The van der Waals surface area contributed by atoms with E-state index in [0.717, 1.165) is 11.3 Å². The molecule has 0 aliphatic carbocycles. The van der Waals surface area contributed by atoms with Gasteiger partial charge in [-0.2, -0.15) is 0 Å². The SMILES string of the molecule is O=C(Nc1cccc(-c2csc(Nc3cccc(F)c3)n2)c1)c1ccccc1Cl. The van der Waals surface area contributed by atoms with E-state index in [2.05, 4.69) is 15.6 Å². The predicted octanol–water partition coefficient (Wildman–Crippen LogP) is 6.60. The van der Waals surface area contributed by atoms with E-state index in [0.29, 0.717) is 27.1 Å². The number of benzene rings is 3. The first-order chi connectivity index (χ1) is 14.1. The molecular formula is C22H15ClFN3OS. The van der Waals surface area contributed by atoms with E-state index in [1.165, 1.54) is 23.5 Å². The lowest BCUT2D eigenvalue weighted by Crippen LogP contribution is -2.12. The number of hydrogen-bond acceptors (Lipinski definition) is 4. The Hall–Kier alpha value is -3.22. The monoisotopic (exact) mass is 423 g/mol. The fourth-order valence-electron chi connectivity index (χ4n) is 2.75. The van der Waals surface area contributed by atoms with Crippen molar-refractivity contribution in [3.05, 3.63) is 94.6 Å². The minimum absolute atomic E-state index is 0.278. The number of anilines is 3. The molecule has 0 aliphatic heterocycles. The molecule has 1 amide bonds. The van der Waals surface area contributed by atoms with Crippen molar-refractivity contribution >= 4 is 45.4 Å². The number of amides is 1. The molecule has 0 spiro atoms. The summed E-state index contributed by atoms with van der Waals surface area (Å²) in [6.45, 7) is 0. The highest BCUT2D eigenvalue weighted by Gasteiger charge is 2.11. The number of aromatic nitrogens is 1. The maximum absolute atomic E-state index is 13.3. The number of nitrogens with one attached hydrogen (secondary N) is 2. The van der Waals surface area contributed by atoms with Gasteiger partial charge in [-0.05, 0) is 42.5 Å². The summed E-state index contributed by atoms with van der Waals surface area (Å²) in [4.78, 5) is 17.0. The summed E-state index contributed by atoms with van der Waals surface area (Å²) in [5.74, 6) is -0.590. The molecule has 0 unspecified atom stereocenters. The summed E-state index contributed by atoms with van der Waals surface area (Å²) in [5.41, 5.74) is 3.29. The molecule has 144 valence electrons. The third-order valence-electron chi connectivity index (χ3n) is 4.11. The maximum Gasteiger partial charge on any atom is 0.257 e. The minimum atomic E-state index is -0.311. The molecule has 4 rings (SSSR count).